The summed E-state index contributed by atoms with van der Waals surface area (Å²) >= 11 is 0. The Labute approximate surface area is 406 Å². The van der Waals surface area contributed by atoms with Gasteiger partial charge in [-0.1, -0.05) is 146 Å². The predicted octanol–water partition coefficient (Wildman–Crippen LogP) is 18.6. The topological polar surface area (TPSA) is 24.6 Å². The van der Waals surface area contributed by atoms with Gasteiger partial charge in [-0.05, 0) is 155 Å². The fraction of sp³-hybridized carbons (Fsp3) is 0. The molecule has 0 unspecified atom stereocenters. The molecule has 11 aromatic carbocycles. The molecule has 0 aliphatic heterocycles. The molecule has 0 atom stereocenters. The molecule has 0 fully saturated rings. The molecule has 0 aliphatic rings. The van der Waals surface area contributed by atoms with Crippen LogP contribution in [0.3, 0.4) is 0 Å². The second-order valence-corrected chi connectivity index (χ2v) is 17.8. The third kappa shape index (κ3) is 7.36. The highest BCUT2D eigenvalue weighted by Crippen LogP contribution is 2.43. The normalized spacial score (nSPS) is 11.4. The van der Waals surface area contributed by atoms with E-state index in [1.807, 2.05) is 12.1 Å². The number of furan rings is 1. The molecular weight excluding hydrogens is 851 g/mol. The van der Waals surface area contributed by atoms with Crippen LogP contribution in [0.15, 0.2) is 277 Å². The van der Waals surface area contributed by atoms with Crippen molar-refractivity contribution in [2.75, 3.05) is 9.80 Å². The molecule has 4 heteroatoms. The largest absolute Gasteiger partial charge is 0.456 e. The summed E-state index contributed by atoms with van der Waals surface area (Å²) in [6.07, 6.45) is 0. The lowest BCUT2D eigenvalue weighted by Crippen LogP contribution is -2.09. The molecule has 0 N–H and O–H groups in total. The van der Waals surface area contributed by atoms with Crippen molar-refractivity contribution in [3.63, 3.8) is 0 Å². The van der Waals surface area contributed by atoms with E-state index in [2.05, 4.69) is 275 Å². The van der Waals surface area contributed by atoms with Crippen LogP contribution in [-0.2, 0) is 0 Å². The van der Waals surface area contributed by atoms with Crippen LogP contribution < -0.4 is 9.80 Å². The van der Waals surface area contributed by atoms with Crippen LogP contribution in [0.5, 0.6) is 0 Å². The molecule has 2 heterocycles. The Morgan fingerprint density at radius 2 is 0.657 bits per heavy atom. The average molecular weight is 896 g/mol. The number of hydrogen-bond acceptors (Lipinski definition) is 3. The van der Waals surface area contributed by atoms with Crippen LogP contribution >= 0.6 is 0 Å². The van der Waals surface area contributed by atoms with Crippen molar-refractivity contribution < 1.29 is 4.42 Å². The fourth-order valence-electron chi connectivity index (χ4n) is 10.2. The van der Waals surface area contributed by atoms with Crippen LogP contribution in [0, 0.1) is 0 Å². The van der Waals surface area contributed by atoms with E-state index in [1.54, 1.807) is 0 Å². The van der Waals surface area contributed by atoms with E-state index >= 15 is 0 Å². The number of benzene rings is 11. The van der Waals surface area contributed by atoms with Crippen molar-refractivity contribution in [1.29, 1.82) is 0 Å². The zero-order chi connectivity index (χ0) is 46.4. The van der Waals surface area contributed by atoms with Crippen molar-refractivity contribution in [2.24, 2.45) is 0 Å². The molecule has 2 aromatic heterocycles. The quantitative estimate of drug-likeness (QED) is 0.137. The Balaban J connectivity index is 0.876. The number of fused-ring (bicyclic) bond motifs is 6. The molecule has 0 aliphatic carbocycles. The van der Waals surface area contributed by atoms with Crippen molar-refractivity contribution in [2.45, 2.75) is 0 Å². The highest BCUT2D eigenvalue weighted by atomic mass is 16.3. The summed E-state index contributed by atoms with van der Waals surface area (Å²) < 4.78 is 8.72. The first-order valence-corrected chi connectivity index (χ1v) is 23.8. The van der Waals surface area contributed by atoms with E-state index in [9.17, 15) is 0 Å². The summed E-state index contributed by atoms with van der Waals surface area (Å²) in [6.45, 7) is 0. The lowest BCUT2D eigenvalue weighted by atomic mass is 9.93. The number of hydrogen-bond donors (Lipinski definition) is 0. The van der Waals surface area contributed by atoms with E-state index in [4.69, 9.17) is 4.42 Å². The van der Waals surface area contributed by atoms with E-state index in [1.165, 1.54) is 32.9 Å². The predicted molar refractivity (Wildman–Crippen MR) is 294 cm³/mol. The SMILES string of the molecule is c1ccc(-c2cc(-c3ccc(N(c4ccccc4)c4ccc5c(c4)oc4ccccc45)cc3)cc(-c3ccc(N(c4ccccc4)c4ccc5c(c4)c4ccccc4n5-c4ccccc4)cc3)c2)cc1. The van der Waals surface area contributed by atoms with Crippen LogP contribution in [0.2, 0.25) is 0 Å². The molecule has 0 bridgehead atoms. The van der Waals surface area contributed by atoms with Gasteiger partial charge in [0.1, 0.15) is 11.2 Å². The summed E-state index contributed by atoms with van der Waals surface area (Å²) in [6, 6.07) is 97.8. The van der Waals surface area contributed by atoms with Gasteiger partial charge in [-0.3, -0.25) is 0 Å². The summed E-state index contributed by atoms with van der Waals surface area (Å²) in [5.41, 5.74) is 18.6. The molecule has 0 radical (unpaired) electrons. The monoisotopic (exact) mass is 895 g/mol. The molecular formula is C66H45N3O. The Kier molecular flexibility index (Phi) is 10.1. The number of anilines is 6. The van der Waals surface area contributed by atoms with Crippen LogP contribution in [-0.4, -0.2) is 4.57 Å². The lowest BCUT2D eigenvalue weighted by molar-refractivity contribution is 0.669. The molecule has 70 heavy (non-hydrogen) atoms. The molecule has 13 rings (SSSR count). The number of aromatic nitrogens is 1. The van der Waals surface area contributed by atoms with Gasteiger partial charge < -0.3 is 18.8 Å². The first kappa shape index (κ1) is 40.9. The standard InChI is InChI=1S/C66H45N3O/c1-5-17-46(18-6-1)49-41-50(43-51(42-49)48-31-35-56(36-32-48)68(53-21-9-3-10-22-53)58-37-39-61-60-26-14-16-28-65(60)70-66(61)45-58)47-29-33-55(34-30-47)67(52-19-7-2-8-20-52)57-38-40-64-62(44-57)59-25-13-15-27-63(59)69(64)54-23-11-4-12-24-54/h1-45H. The Morgan fingerprint density at radius 1 is 0.243 bits per heavy atom. The second-order valence-electron chi connectivity index (χ2n) is 17.8. The van der Waals surface area contributed by atoms with Gasteiger partial charge in [-0.2, -0.15) is 0 Å². The Bertz CT molecular complexity index is 3970. The van der Waals surface area contributed by atoms with Crippen molar-refractivity contribution in [3.05, 3.63) is 273 Å². The maximum atomic E-state index is 6.36. The van der Waals surface area contributed by atoms with E-state index in [0.29, 0.717) is 0 Å². The van der Waals surface area contributed by atoms with Gasteiger partial charge in [0.15, 0.2) is 0 Å². The number of nitrogens with zero attached hydrogens (tertiary/aromatic N) is 3. The molecule has 0 saturated carbocycles. The lowest BCUT2D eigenvalue weighted by Gasteiger charge is -2.26. The maximum Gasteiger partial charge on any atom is 0.137 e. The molecule has 0 amide bonds. The maximum absolute atomic E-state index is 6.36. The summed E-state index contributed by atoms with van der Waals surface area (Å²) in [5, 5.41) is 4.68. The van der Waals surface area contributed by atoms with E-state index in [0.717, 1.165) is 84.0 Å². The van der Waals surface area contributed by atoms with Gasteiger partial charge >= 0.3 is 0 Å². The minimum absolute atomic E-state index is 0.868. The third-order valence-corrected chi connectivity index (χ3v) is 13.5. The molecule has 0 spiro atoms. The van der Waals surface area contributed by atoms with Crippen molar-refractivity contribution in [3.8, 4) is 39.1 Å². The van der Waals surface area contributed by atoms with E-state index in [-0.39, 0.29) is 0 Å². The third-order valence-electron chi connectivity index (χ3n) is 13.5. The Hall–Kier alpha value is -9.38. The summed E-state index contributed by atoms with van der Waals surface area (Å²) in [7, 11) is 0. The zero-order valence-electron chi connectivity index (χ0n) is 38.2. The minimum Gasteiger partial charge on any atom is -0.456 e. The molecule has 13 aromatic rings. The fourth-order valence-corrected chi connectivity index (χ4v) is 10.2. The van der Waals surface area contributed by atoms with Gasteiger partial charge in [-0.25, -0.2) is 0 Å². The highest BCUT2D eigenvalue weighted by Gasteiger charge is 2.19. The van der Waals surface area contributed by atoms with Gasteiger partial charge in [-0.15, -0.1) is 0 Å². The van der Waals surface area contributed by atoms with Crippen LogP contribution in [0.25, 0.3) is 82.8 Å². The van der Waals surface area contributed by atoms with Gasteiger partial charge in [0.2, 0.25) is 0 Å². The summed E-state index contributed by atoms with van der Waals surface area (Å²) in [5.74, 6) is 0. The van der Waals surface area contributed by atoms with Crippen LogP contribution in [0.1, 0.15) is 0 Å². The van der Waals surface area contributed by atoms with Gasteiger partial charge in [0, 0.05) is 67.4 Å². The van der Waals surface area contributed by atoms with Gasteiger partial charge in [0.25, 0.3) is 0 Å². The van der Waals surface area contributed by atoms with E-state index < -0.39 is 0 Å². The first-order chi connectivity index (χ1) is 34.7. The number of para-hydroxylation sites is 5. The summed E-state index contributed by atoms with van der Waals surface area (Å²) in [4.78, 5) is 4.66. The minimum atomic E-state index is 0.868. The molecule has 330 valence electrons. The smallest absolute Gasteiger partial charge is 0.137 e. The number of rotatable bonds is 10. The molecule has 4 nitrogen and oxygen atoms in total. The second kappa shape index (κ2) is 17.4. The first-order valence-electron chi connectivity index (χ1n) is 23.8. The Morgan fingerprint density at radius 3 is 1.26 bits per heavy atom. The molecule has 0 saturated heterocycles. The average Bonchev–Trinajstić information content (AvgIpc) is 3.97. The van der Waals surface area contributed by atoms with Crippen molar-refractivity contribution in [1.82, 2.24) is 4.57 Å². The van der Waals surface area contributed by atoms with Crippen molar-refractivity contribution >= 4 is 77.9 Å². The van der Waals surface area contributed by atoms with Crippen LogP contribution in [0.4, 0.5) is 34.1 Å². The zero-order valence-corrected chi connectivity index (χ0v) is 38.2. The highest BCUT2D eigenvalue weighted by molar-refractivity contribution is 6.11. The van der Waals surface area contributed by atoms with Gasteiger partial charge in [0.05, 0.1) is 11.0 Å².